The van der Waals surface area contributed by atoms with Crippen LogP contribution in [-0.4, -0.2) is 15.2 Å². The first-order chi connectivity index (χ1) is 7.29. The number of pyridine rings is 1. The van der Waals surface area contributed by atoms with Gasteiger partial charge in [0.2, 0.25) is 11.8 Å². The lowest BCUT2D eigenvalue weighted by Gasteiger charge is -1.94. The van der Waals surface area contributed by atoms with Crippen LogP contribution < -0.4 is 5.73 Å². The standard InChI is InChI=1S/C10H12N4O/c1-2-3-9-13-14-10(15-9)7-4-5-8(11)12-6-7/h4-6H,2-3H2,1H3,(H2,11,12). The zero-order chi connectivity index (χ0) is 10.7. The fraction of sp³-hybridized carbons (Fsp3) is 0.300. The molecule has 0 bridgehead atoms. The second-order valence-corrected chi connectivity index (χ2v) is 3.22. The molecule has 2 N–H and O–H groups in total. The highest BCUT2D eigenvalue weighted by molar-refractivity contribution is 5.52. The van der Waals surface area contributed by atoms with Crippen LogP contribution in [0.15, 0.2) is 22.7 Å². The molecule has 0 amide bonds. The number of rotatable bonds is 3. The first-order valence-electron chi connectivity index (χ1n) is 4.84. The first kappa shape index (κ1) is 9.64. The van der Waals surface area contributed by atoms with E-state index in [0.717, 1.165) is 18.4 Å². The lowest BCUT2D eigenvalue weighted by atomic mass is 10.3. The van der Waals surface area contributed by atoms with Gasteiger partial charge >= 0.3 is 0 Å². The van der Waals surface area contributed by atoms with E-state index in [1.807, 2.05) is 6.07 Å². The first-order valence-corrected chi connectivity index (χ1v) is 4.84. The topological polar surface area (TPSA) is 77.8 Å². The van der Waals surface area contributed by atoms with Gasteiger partial charge in [-0.05, 0) is 18.6 Å². The monoisotopic (exact) mass is 204 g/mol. The van der Waals surface area contributed by atoms with Crippen LogP contribution in [0.2, 0.25) is 0 Å². The smallest absolute Gasteiger partial charge is 0.249 e. The Morgan fingerprint density at radius 2 is 2.20 bits per heavy atom. The molecule has 2 aromatic rings. The maximum absolute atomic E-state index is 5.48. The Morgan fingerprint density at radius 1 is 1.33 bits per heavy atom. The van der Waals surface area contributed by atoms with Crippen molar-refractivity contribution >= 4 is 5.82 Å². The summed E-state index contributed by atoms with van der Waals surface area (Å²) >= 11 is 0. The van der Waals surface area contributed by atoms with Gasteiger partial charge in [0.05, 0.1) is 5.56 Å². The van der Waals surface area contributed by atoms with Gasteiger partial charge < -0.3 is 10.2 Å². The fourth-order valence-electron chi connectivity index (χ4n) is 1.22. The van der Waals surface area contributed by atoms with Crippen molar-refractivity contribution in [2.24, 2.45) is 0 Å². The number of hydrogen-bond donors (Lipinski definition) is 1. The van der Waals surface area contributed by atoms with Crippen LogP contribution in [0.3, 0.4) is 0 Å². The fourth-order valence-corrected chi connectivity index (χ4v) is 1.22. The third kappa shape index (κ3) is 2.12. The number of aromatic nitrogens is 3. The molecule has 0 spiro atoms. The SMILES string of the molecule is CCCc1nnc(-c2ccc(N)nc2)o1. The maximum atomic E-state index is 5.48. The second kappa shape index (κ2) is 4.08. The molecular formula is C10H12N4O. The minimum atomic E-state index is 0.479. The van der Waals surface area contributed by atoms with Crippen molar-refractivity contribution in [3.8, 4) is 11.5 Å². The Hall–Kier alpha value is -1.91. The Labute approximate surface area is 87.3 Å². The average molecular weight is 204 g/mol. The number of nitrogen functional groups attached to an aromatic ring is 1. The zero-order valence-corrected chi connectivity index (χ0v) is 8.47. The van der Waals surface area contributed by atoms with Crippen LogP contribution in [0.4, 0.5) is 5.82 Å². The molecule has 2 rings (SSSR count). The Kier molecular flexibility index (Phi) is 2.62. The van der Waals surface area contributed by atoms with E-state index in [-0.39, 0.29) is 0 Å². The summed E-state index contributed by atoms with van der Waals surface area (Å²) in [5.41, 5.74) is 6.27. The van der Waals surface area contributed by atoms with E-state index >= 15 is 0 Å². The van der Waals surface area contributed by atoms with E-state index in [4.69, 9.17) is 10.2 Å². The molecule has 0 saturated carbocycles. The number of hydrogen-bond acceptors (Lipinski definition) is 5. The van der Waals surface area contributed by atoms with Gasteiger partial charge in [-0.1, -0.05) is 6.92 Å². The Bertz CT molecular complexity index is 435. The van der Waals surface area contributed by atoms with Gasteiger partial charge in [0, 0.05) is 12.6 Å². The molecule has 0 fully saturated rings. The molecule has 5 heteroatoms. The van der Waals surface area contributed by atoms with Crippen molar-refractivity contribution in [2.45, 2.75) is 19.8 Å². The summed E-state index contributed by atoms with van der Waals surface area (Å²) in [5.74, 6) is 1.63. The van der Waals surface area contributed by atoms with Crippen molar-refractivity contribution in [2.75, 3.05) is 5.73 Å². The second-order valence-electron chi connectivity index (χ2n) is 3.22. The van der Waals surface area contributed by atoms with Crippen molar-refractivity contribution in [1.82, 2.24) is 15.2 Å². The predicted octanol–water partition coefficient (Wildman–Crippen LogP) is 1.67. The highest BCUT2D eigenvalue weighted by atomic mass is 16.4. The summed E-state index contributed by atoms with van der Waals surface area (Å²) in [6.45, 7) is 2.06. The number of nitrogens with zero attached hydrogens (tertiary/aromatic N) is 3. The van der Waals surface area contributed by atoms with Crippen LogP contribution in [0, 0.1) is 0 Å². The van der Waals surface area contributed by atoms with E-state index in [2.05, 4.69) is 22.1 Å². The lowest BCUT2D eigenvalue weighted by molar-refractivity contribution is 0.502. The zero-order valence-electron chi connectivity index (χ0n) is 8.47. The van der Waals surface area contributed by atoms with Crippen LogP contribution >= 0.6 is 0 Å². The van der Waals surface area contributed by atoms with Gasteiger partial charge in [0.25, 0.3) is 0 Å². The van der Waals surface area contributed by atoms with Crippen molar-refractivity contribution < 1.29 is 4.42 Å². The molecular weight excluding hydrogens is 192 g/mol. The Morgan fingerprint density at radius 3 is 2.87 bits per heavy atom. The molecule has 78 valence electrons. The highest BCUT2D eigenvalue weighted by Gasteiger charge is 2.07. The van der Waals surface area contributed by atoms with E-state index in [0.29, 0.717) is 17.6 Å². The largest absolute Gasteiger partial charge is 0.421 e. The number of aryl methyl sites for hydroxylation is 1. The molecule has 0 atom stereocenters. The van der Waals surface area contributed by atoms with Crippen LogP contribution in [0.5, 0.6) is 0 Å². The van der Waals surface area contributed by atoms with E-state index < -0.39 is 0 Å². The quantitative estimate of drug-likeness (QED) is 0.822. The van der Waals surface area contributed by atoms with Gasteiger partial charge in [-0.15, -0.1) is 10.2 Å². The van der Waals surface area contributed by atoms with E-state index in [9.17, 15) is 0 Å². The van der Waals surface area contributed by atoms with E-state index in [1.54, 1.807) is 12.3 Å². The summed E-state index contributed by atoms with van der Waals surface area (Å²) in [6, 6.07) is 3.52. The molecule has 0 aliphatic carbocycles. The third-order valence-electron chi connectivity index (χ3n) is 1.96. The van der Waals surface area contributed by atoms with Crippen molar-refractivity contribution in [3.05, 3.63) is 24.2 Å². The summed E-state index contributed by atoms with van der Waals surface area (Å²) in [6.07, 6.45) is 3.41. The minimum Gasteiger partial charge on any atom is -0.421 e. The van der Waals surface area contributed by atoms with Gasteiger partial charge in [-0.25, -0.2) is 4.98 Å². The predicted molar refractivity (Wildman–Crippen MR) is 55.9 cm³/mol. The number of anilines is 1. The average Bonchev–Trinajstić information content (AvgIpc) is 2.68. The molecule has 0 saturated heterocycles. The minimum absolute atomic E-state index is 0.479. The summed E-state index contributed by atoms with van der Waals surface area (Å²) < 4.78 is 5.45. The normalized spacial score (nSPS) is 10.5. The summed E-state index contributed by atoms with van der Waals surface area (Å²) in [5, 5.41) is 7.87. The highest BCUT2D eigenvalue weighted by Crippen LogP contribution is 2.17. The molecule has 5 nitrogen and oxygen atoms in total. The van der Waals surface area contributed by atoms with E-state index in [1.165, 1.54) is 0 Å². The Balaban J connectivity index is 2.25. The maximum Gasteiger partial charge on any atom is 0.249 e. The molecule has 0 radical (unpaired) electrons. The van der Waals surface area contributed by atoms with Gasteiger partial charge in [-0.2, -0.15) is 0 Å². The molecule has 0 aliphatic heterocycles. The number of nitrogens with two attached hydrogens (primary N) is 1. The molecule has 2 aromatic heterocycles. The van der Waals surface area contributed by atoms with Gasteiger partial charge in [0.15, 0.2) is 0 Å². The molecule has 0 aliphatic rings. The van der Waals surface area contributed by atoms with Crippen LogP contribution in [-0.2, 0) is 6.42 Å². The summed E-state index contributed by atoms with van der Waals surface area (Å²) in [7, 11) is 0. The molecule has 2 heterocycles. The lowest BCUT2D eigenvalue weighted by Crippen LogP contribution is -1.88. The van der Waals surface area contributed by atoms with Gasteiger partial charge in [-0.3, -0.25) is 0 Å². The molecule has 15 heavy (non-hydrogen) atoms. The van der Waals surface area contributed by atoms with Crippen molar-refractivity contribution in [1.29, 1.82) is 0 Å². The molecule has 0 aromatic carbocycles. The van der Waals surface area contributed by atoms with Crippen LogP contribution in [0.25, 0.3) is 11.5 Å². The van der Waals surface area contributed by atoms with Crippen LogP contribution in [0.1, 0.15) is 19.2 Å². The third-order valence-corrected chi connectivity index (χ3v) is 1.96. The molecule has 0 unspecified atom stereocenters. The van der Waals surface area contributed by atoms with Gasteiger partial charge in [0.1, 0.15) is 5.82 Å². The summed E-state index contributed by atoms with van der Waals surface area (Å²) in [4.78, 5) is 3.96. The van der Waals surface area contributed by atoms with Crippen molar-refractivity contribution in [3.63, 3.8) is 0 Å².